The molecule has 2 aromatic rings. The summed E-state index contributed by atoms with van der Waals surface area (Å²) in [5.74, 6) is 0. The second-order valence-corrected chi connectivity index (χ2v) is 7.65. The van der Waals surface area contributed by atoms with E-state index in [0.717, 1.165) is 26.3 Å². The third kappa shape index (κ3) is 3.30. The molecule has 0 N–H and O–H groups in total. The van der Waals surface area contributed by atoms with Crippen LogP contribution in [-0.2, 0) is 10.2 Å². The highest BCUT2D eigenvalue weighted by atomic mass is 32.1. The van der Waals surface area contributed by atoms with E-state index < -0.39 is 0 Å². The van der Waals surface area contributed by atoms with Crippen molar-refractivity contribution in [2.75, 3.05) is 31.2 Å². The first kappa shape index (κ1) is 14.6. The summed E-state index contributed by atoms with van der Waals surface area (Å²) in [6.07, 6.45) is 0. The Labute approximate surface area is 131 Å². The molecule has 0 saturated carbocycles. The van der Waals surface area contributed by atoms with E-state index >= 15 is 0 Å². The fourth-order valence-electron chi connectivity index (χ4n) is 2.57. The normalized spacial score (nSPS) is 16.2. The van der Waals surface area contributed by atoms with Gasteiger partial charge in [-0.05, 0) is 35.2 Å². The zero-order valence-corrected chi connectivity index (χ0v) is 13.9. The standard InChI is InChI=1S/C18H23NOS/c1-18(2,3)17-8-7-16(21-17)14-5-4-6-15(13-14)19-9-11-20-12-10-19/h4-8,13H,9-12H2,1-3H3. The summed E-state index contributed by atoms with van der Waals surface area (Å²) in [7, 11) is 0. The van der Waals surface area contributed by atoms with E-state index in [9.17, 15) is 0 Å². The molecule has 1 aromatic heterocycles. The fourth-order valence-corrected chi connectivity index (χ4v) is 3.63. The van der Waals surface area contributed by atoms with Crippen LogP contribution < -0.4 is 4.90 Å². The lowest BCUT2D eigenvalue weighted by Crippen LogP contribution is -2.36. The summed E-state index contributed by atoms with van der Waals surface area (Å²) in [6, 6.07) is 13.4. The molecular formula is C18H23NOS. The first-order valence-corrected chi connectivity index (χ1v) is 8.39. The SMILES string of the molecule is CC(C)(C)c1ccc(-c2cccc(N3CCOCC3)c2)s1. The second kappa shape index (κ2) is 5.82. The molecule has 0 amide bonds. The molecule has 1 aliphatic rings. The summed E-state index contributed by atoms with van der Waals surface area (Å²) in [5.41, 5.74) is 2.85. The second-order valence-electron chi connectivity index (χ2n) is 6.56. The molecule has 0 unspecified atom stereocenters. The number of benzene rings is 1. The van der Waals surface area contributed by atoms with Crippen molar-refractivity contribution in [3.8, 4) is 10.4 Å². The van der Waals surface area contributed by atoms with Gasteiger partial charge in [-0.25, -0.2) is 0 Å². The maximum atomic E-state index is 5.44. The summed E-state index contributed by atoms with van der Waals surface area (Å²) < 4.78 is 5.44. The minimum Gasteiger partial charge on any atom is -0.378 e. The molecule has 1 saturated heterocycles. The summed E-state index contributed by atoms with van der Waals surface area (Å²) in [5, 5.41) is 0. The number of morpholine rings is 1. The minimum absolute atomic E-state index is 0.227. The van der Waals surface area contributed by atoms with Gasteiger partial charge in [-0.15, -0.1) is 11.3 Å². The average molecular weight is 301 g/mol. The number of hydrogen-bond acceptors (Lipinski definition) is 3. The fraction of sp³-hybridized carbons (Fsp3) is 0.444. The van der Waals surface area contributed by atoms with Crippen molar-refractivity contribution in [3.05, 3.63) is 41.3 Å². The highest BCUT2D eigenvalue weighted by Crippen LogP contribution is 2.36. The molecule has 0 atom stereocenters. The average Bonchev–Trinajstić information content (AvgIpc) is 2.98. The Morgan fingerprint density at radius 1 is 1.05 bits per heavy atom. The molecule has 0 aliphatic carbocycles. The Balaban J connectivity index is 1.87. The Morgan fingerprint density at radius 3 is 2.48 bits per heavy atom. The van der Waals surface area contributed by atoms with Gasteiger partial charge >= 0.3 is 0 Å². The molecule has 1 aromatic carbocycles. The van der Waals surface area contributed by atoms with Crippen LogP contribution in [-0.4, -0.2) is 26.3 Å². The number of anilines is 1. The Hall–Kier alpha value is -1.32. The molecule has 2 heterocycles. The van der Waals surface area contributed by atoms with E-state index in [1.54, 1.807) is 0 Å². The maximum absolute atomic E-state index is 5.44. The predicted molar refractivity (Wildman–Crippen MR) is 91.5 cm³/mol. The molecular weight excluding hydrogens is 278 g/mol. The Morgan fingerprint density at radius 2 is 1.81 bits per heavy atom. The third-order valence-corrected chi connectivity index (χ3v) is 5.41. The van der Waals surface area contributed by atoms with Crippen molar-refractivity contribution < 1.29 is 4.74 Å². The van der Waals surface area contributed by atoms with Gasteiger partial charge in [0.1, 0.15) is 0 Å². The highest BCUT2D eigenvalue weighted by molar-refractivity contribution is 7.15. The van der Waals surface area contributed by atoms with Crippen molar-refractivity contribution in [1.82, 2.24) is 0 Å². The van der Waals surface area contributed by atoms with Gasteiger partial charge < -0.3 is 9.64 Å². The lowest BCUT2D eigenvalue weighted by molar-refractivity contribution is 0.122. The molecule has 0 spiro atoms. The van der Waals surface area contributed by atoms with Crippen molar-refractivity contribution in [3.63, 3.8) is 0 Å². The highest BCUT2D eigenvalue weighted by Gasteiger charge is 2.17. The maximum Gasteiger partial charge on any atom is 0.0642 e. The molecule has 112 valence electrons. The lowest BCUT2D eigenvalue weighted by atomic mass is 9.95. The Bertz CT molecular complexity index is 606. The quantitative estimate of drug-likeness (QED) is 0.807. The zero-order valence-electron chi connectivity index (χ0n) is 13.1. The largest absolute Gasteiger partial charge is 0.378 e. The van der Waals surface area contributed by atoms with Gasteiger partial charge in [-0.2, -0.15) is 0 Å². The van der Waals surface area contributed by atoms with Gasteiger partial charge in [0.25, 0.3) is 0 Å². The van der Waals surface area contributed by atoms with Crippen LogP contribution in [0.1, 0.15) is 25.6 Å². The van der Waals surface area contributed by atoms with Gasteiger partial charge in [0.05, 0.1) is 13.2 Å². The Kier molecular flexibility index (Phi) is 4.05. The van der Waals surface area contributed by atoms with Crippen molar-refractivity contribution >= 4 is 17.0 Å². The first-order valence-electron chi connectivity index (χ1n) is 7.57. The molecule has 2 nitrogen and oxygen atoms in total. The van der Waals surface area contributed by atoms with Crippen LogP contribution in [0.15, 0.2) is 36.4 Å². The van der Waals surface area contributed by atoms with E-state index in [-0.39, 0.29) is 5.41 Å². The minimum atomic E-state index is 0.227. The molecule has 3 rings (SSSR count). The van der Waals surface area contributed by atoms with Gasteiger partial charge in [0.2, 0.25) is 0 Å². The van der Waals surface area contributed by atoms with Crippen LogP contribution in [0.2, 0.25) is 0 Å². The third-order valence-electron chi connectivity index (χ3n) is 3.85. The number of rotatable bonds is 2. The van der Waals surface area contributed by atoms with Crippen molar-refractivity contribution in [2.45, 2.75) is 26.2 Å². The van der Waals surface area contributed by atoms with E-state index in [4.69, 9.17) is 4.74 Å². The summed E-state index contributed by atoms with van der Waals surface area (Å²) >= 11 is 1.91. The molecule has 0 radical (unpaired) electrons. The first-order chi connectivity index (χ1) is 10.0. The predicted octanol–water partition coefficient (Wildman–Crippen LogP) is 4.55. The molecule has 0 bridgehead atoms. The molecule has 21 heavy (non-hydrogen) atoms. The van der Waals surface area contributed by atoms with Crippen LogP contribution in [0.4, 0.5) is 5.69 Å². The van der Waals surface area contributed by atoms with E-state index in [2.05, 4.69) is 62.1 Å². The molecule has 3 heteroatoms. The monoisotopic (exact) mass is 301 g/mol. The zero-order chi connectivity index (χ0) is 14.9. The molecule has 1 aliphatic heterocycles. The van der Waals surface area contributed by atoms with Crippen LogP contribution in [0.5, 0.6) is 0 Å². The van der Waals surface area contributed by atoms with Gasteiger partial charge in [-0.1, -0.05) is 32.9 Å². The number of nitrogens with zero attached hydrogens (tertiary/aromatic N) is 1. The topological polar surface area (TPSA) is 12.5 Å². The van der Waals surface area contributed by atoms with E-state index in [1.165, 1.54) is 21.0 Å². The summed E-state index contributed by atoms with van der Waals surface area (Å²) in [6.45, 7) is 10.4. The van der Waals surface area contributed by atoms with Crippen LogP contribution in [0.25, 0.3) is 10.4 Å². The summed E-state index contributed by atoms with van der Waals surface area (Å²) in [4.78, 5) is 5.20. The van der Waals surface area contributed by atoms with Gasteiger partial charge in [0.15, 0.2) is 0 Å². The van der Waals surface area contributed by atoms with Crippen LogP contribution in [0, 0.1) is 0 Å². The van der Waals surface area contributed by atoms with E-state index in [0.29, 0.717) is 0 Å². The smallest absolute Gasteiger partial charge is 0.0642 e. The van der Waals surface area contributed by atoms with Gasteiger partial charge in [0, 0.05) is 28.5 Å². The number of hydrogen-bond donors (Lipinski definition) is 0. The number of thiophene rings is 1. The molecule has 1 fully saturated rings. The van der Waals surface area contributed by atoms with Crippen molar-refractivity contribution in [1.29, 1.82) is 0 Å². The van der Waals surface area contributed by atoms with Crippen molar-refractivity contribution in [2.24, 2.45) is 0 Å². The van der Waals surface area contributed by atoms with Crippen LogP contribution >= 0.6 is 11.3 Å². The van der Waals surface area contributed by atoms with E-state index in [1.807, 2.05) is 11.3 Å². The lowest BCUT2D eigenvalue weighted by Gasteiger charge is -2.29. The van der Waals surface area contributed by atoms with Crippen LogP contribution in [0.3, 0.4) is 0 Å². The number of ether oxygens (including phenoxy) is 1. The van der Waals surface area contributed by atoms with Gasteiger partial charge in [-0.3, -0.25) is 0 Å².